The van der Waals surface area contributed by atoms with Gasteiger partial charge < -0.3 is 0 Å². The molecule has 0 aromatic heterocycles. The molecule has 20 heavy (non-hydrogen) atoms. The Balaban J connectivity index is 1.87. The van der Waals surface area contributed by atoms with Crippen molar-refractivity contribution in [2.45, 2.75) is 11.8 Å². The van der Waals surface area contributed by atoms with Crippen molar-refractivity contribution in [2.24, 2.45) is 0 Å². The molecule has 0 amide bonds. The standard InChI is InChI=1S/C17H15NOS/c1-2-18-15-5-3-4-6-16(15)20-17(18)12-9-13-7-10-14(19)11-8-13/h3-12H,2H2,1H3/p+1. The maximum atomic E-state index is 11.1. The summed E-state index contributed by atoms with van der Waals surface area (Å²) in [6, 6.07) is 8.53. The van der Waals surface area contributed by atoms with Crippen LogP contribution in [0.5, 0.6) is 0 Å². The van der Waals surface area contributed by atoms with Crippen molar-refractivity contribution in [2.75, 3.05) is 6.54 Å². The number of para-hydroxylation sites is 1. The fraction of sp³-hybridized carbons (Fsp3) is 0.118. The van der Waals surface area contributed by atoms with Gasteiger partial charge in [0, 0.05) is 12.1 Å². The summed E-state index contributed by atoms with van der Waals surface area (Å²) < 4.78 is 0. The first kappa shape index (κ1) is 13.2. The quantitative estimate of drug-likeness (QED) is 0.901. The molecule has 0 radical (unpaired) electrons. The van der Waals surface area contributed by atoms with Gasteiger partial charge in [0.05, 0.1) is 11.4 Å². The van der Waals surface area contributed by atoms with E-state index < -0.39 is 0 Å². The number of carbonyl (C=O) groups excluding carboxylic acids is 1. The molecule has 1 aliphatic heterocycles. The molecule has 100 valence electrons. The van der Waals surface area contributed by atoms with E-state index in [1.807, 2.05) is 23.9 Å². The smallest absolute Gasteiger partial charge is 0.178 e. The molecular weight excluding hydrogens is 266 g/mol. The molecule has 1 N–H and O–H groups in total. The van der Waals surface area contributed by atoms with Crippen molar-refractivity contribution >= 4 is 23.2 Å². The van der Waals surface area contributed by atoms with E-state index in [4.69, 9.17) is 0 Å². The Morgan fingerprint density at radius 1 is 1.10 bits per heavy atom. The summed E-state index contributed by atoms with van der Waals surface area (Å²) in [6.45, 7) is 3.22. The monoisotopic (exact) mass is 282 g/mol. The van der Waals surface area contributed by atoms with E-state index in [1.54, 1.807) is 12.2 Å². The lowest BCUT2D eigenvalue weighted by Gasteiger charge is -2.10. The highest BCUT2D eigenvalue weighted by Gasteiger charge is 2.28. The topological polar surface area (TPSA) is 21.5 Å². The van der Waals surface area contributed by atoms with Crippen LogP contribution < -0.4 is 4.90 Å². The van der Waals surface area contributed by atoms with Gasteiger partial charge in [-0.1, -0.05) is 24.3 Å². The lowest BCUT2D eigenvalue weighted by atomic mass is 10.1. The van der Waals surface area contributed by atoms with E-state index in [-0.39, 0.29) is 5.78 Å². The zero-order chi connectivity index (χ0) is 13.9. The SMILES string of the molecule is CC[NH+]1C(=CC=C2C=CC(=O)C=C2)Sc2ccccc21. The Kier molecular flexibility index (Phi) is 3.72. The number of thioether (sulfide) groups is 1. The third kappa shape index (κ3) is 2.55. The molecule has 3 heteroatoms. The van der Waals surface area contributed by atoms with Crippen molar-refractivity contribution in [3.8, 4) is 0 Å². The van der Waals surface area contributed by atoms with Crippen LogP contribution in [0.15, 0.2) is 76.2 Å². The van der Waals surface area contributed by atoms with Gasteiger partial charge in [-0.25, -0.2) is 0 Å². The molecule has 1 aromatic rings. The lowest BCUT2D eigenvalue weighted by Crippen LogP contribution is -3.03. The predicted molar refractivity (Wildman–Crippen MR) is 82.9 cm³/mol. The zero-order valence-electron chi connectivity index (χ0n) is 11.3. The first-order valence-electron chi connectivity index (χ1n) is 6.73. The first-order valence-corrected chi connectivity index (χ1v) is 7.55. The number of hydrogen-bond donors (Lipinski definition) is 1. The Bertz CT molecular complexity index is 649. The highest BCUT2D eigenvalue weighted by molar-refractivity contribution is 8.03. The maximum absolute atomic E-state index is 11.1. The Morgan fingerprint density at radius 3 is 2.60 bits per heavy atom. The number of fused-ring (bicyclic) bond motifs is 1. The molecule has 0 fully saturated rings. The number of nitrogens with one attached hydrogen (secondary N) is 1. The Hall–Kier alpha value is -1.84. The lowest BCUT2D eigenvalue weighted by molar-refractivity contribution is -0.777. The van der Waals surface area contributed by atoms with E-state index in [0.717, 1.165) is 12.1 Å². The molecule has 1 unspecified atom stereocenters. The van der Waals surface area contributed by atoms with Crippen LogP contribution in [0.1, 0.15) is 6.92 Å². The molecule has 2 aliphatic rings. The van der Waals surface area contributed by atoms with Crippen LogP contribution in [0.4, 0.5) is 5.69 Å². The summed E-state index contributed by atoms with van der Waals surface area (Å²) in [6.07, 6.45) is 11.2. The van der Waals surface area contributed by atoms with Crippen LogP contribution in [0.2, 0.25) is 0 Å². The van der Waals surface area contributed by atoms with E-state index >= 15 is 0 Å². The summed E-state index contributed by atoms with van der Waals surface area (Å²) in [5, 5.41) is 1.31. The molecule has 0 bridgehead atoms. The number of hydrogen-bond acceptors (Lipinski definition) is 2. The van der Waals surface area contributed by atoms with Gasteiger partial charge in [0.1, 0.15) is 0 Å². The average molecular weight is 282 g/mol. The first-order chi connectivity index (χ1) is 9.78. The van der Waals surface area contributed by atoms with Gasteiger partial charge >= 0.3 is 0 Å². The van der Waals surface area contributed by atoms with Crippen LogP contribution in [-0.4, -0.2) is 12.3 Å². The number of rotatable bonds is 2. The summed E-state index contributed by atoms with van der Waals surface area (Å²) in [5.41, 5.74) is 2.42. The van der Waals surface area contributed by atoms with E-state index in [2.05, 4.69) is 43.3 Å². The zero-order valence-corrected chi connectivity index (χ0v) is 12.1. The summed E-state index contributed by atoms with van der Waals surface area (Å²) in [4.78, 5) is 13.8. The van der Waals surface area contributed by atoms with E-state index in [1.165, 1.54) is 20.5 Å². The van der Waals surface area contributed by atoms with E-state index in [0.29, 0.717) is 0 Å². The second-order valence-corrected chi connectivity index (χ2v) is 5.78. The molecule has 1 aliphatic carbocycles. The second kappa shape index (κ2) is 5.65. The molecule has 2 nitrogen and oxygen atoms in total. The molecule has 0 spiro atoms. The summed E-state index contributed by atoms with van der Waals surface area (Å²) in [7, 11) is 0. The van der Waals surface area contributed by atoms with Crippen LogP contribution in [0, 0.1) is 0 Å². The minimum absolute atomic E-state index is 0.0539. The van der Waals surface area contributed by atoms with Crippen molar-refractivity contribution in [1.29, 1.82) is 0 Å². The van der Waals surface area contributed by atoms with Crippen LogP contribution >= 0.6 is 11.8 Å². The third-order valence-corrected chi connectivity index (χ3v) is 4.57. The number of ketones is 1. The number of allylic oxidation sites excluding steroid dienone is 7. The number of quaternary nitrogens is 1. The van der Waals surface area contributed by atoms with Gasteiger partial charge in [-0.2, -0.15) is 0 Å². The summed E-state index contributed by atoms with van der Waals surface area (Å²) >= 11 is 1.82. The van der Waals surface area contributed by atoms with Gasteiger partial charge in [0.15, 0.2) is 16.5 Å². The van der Waals surface area contributed by atoms with Crippen molar-refractivity contribution in [3.63, 3.8) is 0 Å². The van der Waals surface area contributed by atoms with Gasteiger partial charge in [-0.05, 0) is 48.6 Å². The van der Waals surface area contributed by atoms with Crippen LogP contribution in [0.25, 0.3) is 0 Å². The van der Waals surface area contributed by atoms with Crippen molar-refractivity contribution < 1.29 is 9.69 Å². The predicted octanol–water partition coefficient (Wildman–Crippen LogP) is 2.79. The fourth-order valence-electron chi connectivity index (χ4n) is 2.37. The maximum Gasteiger partial charge on any atom is 0.178 e. The van der Waals surface area contributed by atoms with Crippen molar-refractivity contribution in [1.82, 2.24) is 0 Å². The number of carbonyl (C=O) groups is 1. The molecule has 1 aromatic carbocycles. The van der Waals surface area contributed by atoms with Gasteiger partial charge in [0.2, 0.25) is 0 Å². The average Bonchev–Trinajstić information content (AvgIpc) is 2.84. The number of benzene rings is 1. The summed E-state index contributed by atoms with van der Waals surface area (Å²) in [5.74, 6) is 0.0539. The normalized spacial score (nSPS) is 22.4. The minimum atomic E-state index is 0.0539. The Labute approximate surface area is 123 Å². The van der Waals surface area contributed by atoms with Crippen LogP contribution in [-0.2, 0) is 4.79 Å². The van der Waals surface area contributed by atoms with Gasteiger partial charge in [-0.3, -0.25) is 9.69 Å². The molecule has 1 heterocycles. The molecular formula is C17H16NOS+. The van der Waals surface area contributed by atoms with Crippen LogP contribution in [0.3, 0.4) is 0 Å². The minimum Gasteiger partial charge on any atom is -0.290 e. The Morgan fingerprint density at radius 2 is 1.85 bits per heavy atom. The molecule has 0 saturated carbocycles. The molecule has 1 atom stereocenters. The fourth-order valence-corrected chi connectivity index (χ4v) is 3.57. The largest absolute Gasteiger partial charge is 0.290 e. The van der Waals surface area contributed by atoms with E-state index in [9.17, 15) is 4.79 Å². The van der Waals surface area contributed by atoms with Gasteiger partial charge in [0.25, 0.3) is 0 Å². The molecule has 0 saturated heterocycles. The highest BCUT2D eigenvalue weighted by atomic mass is 32.2. The highest BCUT2D eigenvalue weighted by Crippen LogP contribution is 2.34. The van der Waals surface area contributed by atoms with Gasteiger partial charge in [-0.15, -0.1) is 0 Å². The second-order valence-electron chi connectivity index (χ2n) is 4.70. The van der Waals surface area contributed by atoms with Crippen molar-refractivity contribution in [3.05, 3.63) is 71.3 Å². The molecule has 3 rings (SSSR count). The third-order valence-electron chi connectivity index (χ3n) is 3.39.